The highest BCUT2D eigenvalue weighted by Gasteiger charge is 2.28. The number of carbonyl (C=O) groups is 4. The maximum atomic E-state index is 12.7. The molecule has 0 aromatic heterocycles. The molecule has 0 spiro atoms. The van der Waals surface area contributed by atoms with Crippen LogP contribution in [0, 0.1) is 0 Å². The van der Waals surface area contributed by atoms with Gasteiger partial charge >= 0.3 is 5.97 Å². The molecule has 10 heteroatoms. The molecule has 0 bridgehead atoms. The number of carboxylic acids is 1. The number of hydrogen-bond acceptors (Lipinski definition) is 6. The Morgan fingerprint density at radius 2 is 1.97 bits per heavy atom. The molecule has 0 aromatic carbocycles. The highest BCUT2D eigenvalue weighted by molar-refractivity contribution is 8.68. The molecule has 1 aliphatic rings. The second-order valence-electron chi connectivity index (χ2n) is 6.65. The van der Waals surface area contributed by atoms with E-state index in [1.165, 1.54) is 10.8 Å². The lowest BCUT2D eigenvalue weighted by molar-refractivity contribution is -0.141. The van der Waals surface area contributed by atoms with E-state index in [0.717, 1.165) is 18.4 Å². The van der Waals surface area contributed by atoms with Crippen molar-refractivity contribution in [2.75, 3.05) is 12.3 Å². The second kappa shape index (κ2) is 14.1. The van der Waals surface area contributed by atoms with Gasteiger partial charge in [-0.1, -0.05) is 41.5 Å². The molecule has 2 atom stereocenters. The molecule has 29 heavy (non-hydrogen) atoms. The summed E-state index contributed by atoms with van der Waals surface area (Å²) < 4.78 is 0. The van der Waals surface area contributed by atoms with Crippen LogP contribution in [0.15, 0.2) is 23.8 Å². The maximum Gasteiger partial charge on any atom is 0.305 e. The van der Waals surface area contributed by atoms with Crippen molar-refractivity contribution in [3.05, 3.63) is 23.8 Å². The third-order valence-electron chi connectivity index (χ3n) is 4.20. The summed E-state index contributed by atoms with van der Waals surface area (Å²) in [6.07, 6.45) is 8.01. The molecule has 0 radical (unpaired) electrons. The van der Waals surface area contributed by atoms with E-state index < -0.39 is 36.3 Å². The smallest absolute Gasteiger partial charge is 0.305 e. The zero-order valence-electron chi connectivity index (χ0n) is 16.5. The maximum absolute atomic E-state index is 12.7. The molecule has 1 rings (SSSR count). The van der Waals surface area contributed by atoms with E-state index in [4.69, 9.17) is 5.11 Å². The van der Waals surface area contributed by atoms with Gasteiger partial charge in [0.2, 0.25) is 17.7 Å². The van der Waals surface area contributed by atoms with E-state index in [-0.39, 0.29) is 12.3 Å². The van der Waals surface area contributed by atoms with Crippen molar-refractivity contribution in [3.63, 3.8) is 0 Å². The van der Waals surface area contributed by atoms with Gasteiger partial charge in [0.25, 0.3) is 0 Å². The minimum atomic E-state index is -1.24. The van der Waals surface area contributed by atoms with Gasteiger partial charge in [0.05, 0.1) is 6.42 Å². The molecule has 8 nitrogen and oxygen atoms in total. The number of carbonyl (C=O) groups excluding carboxylic acids is 3. The topological polar surface area (TPSA) is 125 Å². The van der Waals surface area contributed by atoms with Crippen LogP contribution in [0.5, 0.6) is 0 Å². The predicted octanol–water partition coefficient (Wildman–Crippen LogP) is 1.59. The molecule has 4 N–H and O–H groups in total. The van der Waals surface area contributed by atoms with Crippen LogP contribution in [0.3, 0.4) is 0 Å². The van der Waals surface area contributed by atoms with Crippen molar-refractivity contribution in [3.8, 4) is 0 Å². The average molecular weight is 444 g/mol. The summed E-state index contributed by atoms with van der Waals surface area (Å²) in [5.41, 5.74) is 1.02. The lowest BCUT2D eigenvalue weighted by Crippen LogP contribution is -2.54. The second-order valence-corrected chi connectivity index (χ2v) is 8.09. The van der Waals surface area contributed by atoms with Gasteiger partial charge in [0.1, 0.15) is 12.1 Å². The van der Waals surface area contributed by atoms with Gasteiger partial charge in [-0.3, -0.25) is 19.2 Å². The first-order chi connectivity index (χ1) is 13.9. The number of rotatable bonds is 13. The van der Waals surface area contributed by atoms with Crippen LogP contribution < -0.4 is 16.0 Å². The fourth-order valence-corrected chi connectivity index (χ4v) is 3.25. The van der Waals surface area contributed by atoms with Crippen LogP contribution in [0.25, 0.3) is 0 Å². The zero-order chi connectivity index (χ0) is 21.6. The number of amides is 3. The first-order valence-corrected chi connectivity index (χ1v) is 11.6. The molecule has 1 aliphatic carbocycles. The Bertz CT molecular complexity index is 652. The first-order valence-electron chi connectivity index (χ1n) is 9.57. The summed E-state index contributed by atoms with van der Waals surface area (Å²) >= 11 is 4.03. The van der Waals surface area contributed by atoms with Crippen molar-refractivity contribution in [2.45, 2.75) is 57.5 Å². The zero-order valence-corrected chi connectivity index (χ0v) is 18.2. The number of carboxylic acid groups (broad SMARTS) is 1. The van der Waals surface area contributed by atoms with E-state index in [1.54, 1.807) is 0 Å². The molecule has 0 saturated heterocycles. The van der Waals surface area contributed by atoms with Crippen molar-refractivity contribution in [1.82, 2.24) is 16.0 Å². The standard InChI is InChI=1S/C19H29N3O5S2/c1-2-6-16(23)21-15(12-17(24)25)19(27)22-14(18(26)20-9-10-29-28)11-13-7-4-3-5-8-13/h3-4,7,14-15,28H,2,5-6,8-12H2,1H3,(H,20,26)(H,21,23)(H,22,27)(H,24,25). The lowest BCUT2D eigenvalue weighted by Gasteiger charge is -2.23. The van der Waals surface area contributed by atoms with Gasteiger partial charge in [-0.2, -0.15) is 0 Å². The molecule has 0 fully saturated rings. The normalized spacial score (nSPS) is 15.0. The Labute approximate surface area is 180 Å². The Balaban J connectivity index is 2.87. The van der Waals surface area contributed by atoms with Crippen LogP contribution in [0.1, 0.15) is 45.4 Å². The van der Waals surface area contributed by atoms with Crippen molar-refractivity contribution < 1.29 is 24.3 Å². The van der Waals surface area contributed by atoms with Crippen molar-refractivity contribution in [1.29, 1.82) is 0 Å². The van der Waals surface area contributed by atoms with E-state index >= 15 is 0 Å². The van der Waals surface area contributed by atoms with Gasteiger partial charge in [-0.25, -0.2) is 0 Å². The van der Waals surface area contributed by atoms with Gasteiger partial charge in [0, 0.05) is 18.7 Å². The Hall–Kier alpha value is -1.94. The summed E-state index contributed by atoms with van der Waals surface area (Å²) in [7, 11) is 1.29. The number of thiol groups is 1. The SMILES string of the molecule is CCCC(=O)NC(CC(=O)O)C(=O)NC(CC1=CC=CCC1)C(=O)NCCSS. The van der Waals surface area contributed by atoms with E-state index in [2.05, 4.69) is 27.6 Å². The minimum absolute atomic E-state index is 0.188. The van der Waals surface area contributed by atoms with Gasteiger partial charge in [-0.05, 0) is 25.7 Å². The molecular formula is C19H29N3O5S2. The third-order valence-corrected chi connectivity index (χ3v) is 5.13. The number of nitrogens with one attached hydrogen (secondary N) is 3. The third kappa shape index (κ3) is 10.4. The largest absolute Gasteiger partial charge is 0.481 e. The highest BCUT2D eigenvalue weighted by Crippen LogP contribution is 2.17. The highest BCUT2D eigenvalue weighted by atomic mass is 33.1. The van der Waals surface area contributed by atoms with Crippen LogP contribution in [0.4, 0.5) is 0 Å². The van der Waals surface area contributed by atoms with E-state index in [0.29, 0.717) is 25.1 Å². The van der Waals surface area contributed by atoms with Crippen molar-refractivity contribution in [2.24, 2.45) is 0 Å². The molecule has 0 heterocycles. The predicted molar refractivity (Wildman–Crippen MR) is 117 cm³/mol. The number of hydrogen-bond donors (Lipinski definition) is 5. The summed E-state index contributed by atoms with van der Waals surface area (Å²) in [6, 6.07) is -2.10. The lowest BCUT2D eigenvalue weighted by atomic mass is 9.97. The summed E-state index contributed by atoms with van der Waals surface area (Å²) in [5, 5.41) is 16.9. The summed E-state index contributed by atoms with van der Waals surface area (Å²) in [6.45, 7) is 2.20. The Kier molecular flexibility index (Phi) is 12.2. The van der Waals surface area contributed by atoms with Crippen LogP contribution in [0.2, 0.25) is 0 Å². The summed E-state index contributed by atoms with van der Waals surface area (Å²) in [5.74, 6) is -2.05. The molecule has 162 valence electrons. The van der Waals surface area contributed by atoms with Crippen LogP contribution in [-0.4, -0.2) is 53.2 Å². The fraction of sp³-hybridized carbons (Fsp3) is 0.579. The van der Waals surface area contributed by atoms with E-state index in [9.17, 15) is 19.2 Å². The summed E-state index contributed by atoms with van der Waals surface area (Å²) in [4.78, 5) is 48.3. The molecule has 3 amide bonds. The Morgan fingerprint density at radius 3 is 2.55 bits per heavy atom. The number of allylic oxidation sites excluding steroid dienone is 3. The van der Waals surface area contributed by atoms with Gasteiger partial charge in [-0.15, -0.1) is 11.7 Å². The van der Waals surface area contributed by atoms with Crippen molar-refractivity contribution >= 4 is 46.1 Å². The number of aliphatic carboxylic acids is 1. The molecule has 0 saturated carbocycles. The fourth-order valence-electron chi connectivity index (χ4n) is 2.79. The molecule has 0 aliphatic heterocycles. The van der Waals surface area contributed by atoms with Crippen LogP contribution >= 0.6 is 22.5 Å². The minimum Gasteiger partial charge on any atom is -0.481 e. The van der Waals surface area contributed by atoms with Crippen LogP contribution in [-0.2, 0) is 19.2 Å². The van der Waals surface area contributed by atoms with Gasteiger partial charge < -0.3 is 21.1 Å². The molecule has 0 aromatic rings. The monoisotopic (exact) mass is 443 g/mol. The molecule has 2 unspecified atom stereocenters. The quantitative estimate of drug-likeness (QED) is 0.167. The first kappa shape index (κ1) is 25.1. The average Bonchev–Trinajstić information content (AvgIpc) is 2.67. The Morgan fingerprint density at radius 1 is 1.21 bits per heavy atom. The van der Waals surface area contributed by atoms with E-state index in [1.807, 2.05) is 25.2 Å². The van der Waals surface area contributed by atoms with Gasteiger partial charge in [0.15, 0.2) is 0 Å². The molecular weight excluding hydrogens is 414 g/mol.